The van der Waals surface area contributed by atoms with Crippen LogP contribution in [0.3, 0.4) is 0 Å². The van der Waals surface area contributed by atoms with Gasteiger partial charge in [0.2, 0.25) is 0 Å². The molecule has 2 aromatic rings. The second-order valence-corrected chi connectivity index (χ2v) is 5.03. The van der Waals surface area contributed by atoms with Crippen molar-refractivity contribution in [1.29, 1.82) is 0 Å². The van der Waals surface area contributed by atoms with Crippen molar-refractivity contribution in [3.05, 3.63) is 52.1 Å². The normalized spacial score (nSPS) is 12.7. The van der Waals surface area contributed by atoms with Crippen molar-refractivity contribution >= 4 is 11.6 Å². The molecule has 5 heteroatoms. The number of nitrogens with one attached hydrogen (secondary N) is 1. The van der Waals surface area contributed by atoms with Crippen LogP contribution in [0.5, 0.6) is 0 Å². The number of nitrogens with zero attached hydrogens (tertiary/aromatic N) is 2. The average Bonchev–Trinajstić information content (AvgIpc) is 2.68. The Morgan fingerprint density at radius 3 is 2.68 bits per heavy atom. The lowest BCUT2D eigenvalue weighted by molar-refractivity contribution is 0.554. The second-order valence-electron chi connectivity index (χ2n) is 4.62. The predicted octanol–water partition coefficient (Wildman–Crippen LogP) is 3.02. The van der Waals surface area contributed by atoms with Crippen LogP contribution in [-0.4, -0.2) is 16.8 Å². The van der Waals surface area contributed by atoms with E-state index < -0.39 is 0 Å². The van der Waals surface area contributed by atoms with Crippen molar-refractivity contribution in [1.82, 2.24) is 15.1 Å². The number of halogens is 2. The van der Waals surface area contributed by atoms with Crippen LogP contribution in [0.15, 0.2) is 24.3 Å². The molecule has 0 saturated heterocycles. The predicted molar refractivity (Wildman–Crippen MR) is 74.9 cm³/mol. The summed E-state index contributed by atoms with van der Waals surface area (Å²) in [5.74, 6) is -0.388. The fourth-order valence-corrected chi connectivity index (χ4v) is 2.30. The van der Waals surface area contributed by atoms with Gasteiger partial charge in [-0.2, -0.15) is 5.10 Å². The molecule has 19 heavy (non-hydrogen) atoms. The highest BCUT2D eigenvalue weighted by Crippen LogP contribution is 2.23. The maximum Gasteiger partial charge on any atom is 0.142 e. The zero-order valence-electron chi connectivity index (χ0n) is 11.2. The molecule has 1 unspecified atom stereocenters. The first-order chi connectivity index (χ1) is 9.01. The van der Waals surface area contributed by atoms with Crippen molar-refractivity contribution in [3.8, 4) is 0 Å². The maximum absolute atomic E-state index is 13.5. The Hall–Kier alpha value is -1.39. The van der Waals surface area contributed by atoms with Crippen LogP contribution >= 0.6 is 11.6 Å². The first-order valence-corrected chi connectivity index (χ1v) is 6.50. The van der Waals surface area contributed by atoms with Crippen molar-refractivity contribution in [2.24, 2.45) is 7.05 Å². The molecule has 0 spiro atoms. The first-order valence-electron chi connectivity index (χ1n) is 6.13. The Bertz CT molecular complexity index is 580. The zero-order chi connectivity index (χ0) is 14.0. The van der Waals surface area contributed by atoms with E-state index in [1.807, 2.05) is 37.8 Å². The SMILES string of the molecule is CNC(Cc1cc(C)nn1C)c1ccc(Cl)c(F)c1. The lowest BCUT2D eigenvalue weighted by Crippen LogP contribution is -2.20. The van der Waals surface area contributed by atoms with Gasteiger partial charge >= 0.3 is 0 Å². The zero-order valence-corrected chi connectivity index (χ0v) is 12.0. The van der Waals surface area contributed by atoms with Crippen LogP contribution in [0.1, 0.15) is 23.0 Å². The van der Waals surface area contributed by atoms with Gasteiger partial charge in [-0.15, -0.1) is 0 Å². The summed E-state index contributed by atoms with van der Waals surface area (Å²) in [7, 11) is 3.78. The minimum atomic E-state index is -0.388. The van der Waals surface area contributed by atoms with Gasteiger partial charge in [0.1, 0.15) is 5.82 Å². The third kappa shape index (κ3) is 3.14. The molecule has 0 radical (unpaired) electrons. The smallest absolute Gasteiger partial charge is 0.142 e. The summed E-state index contributed by atoms with van der Waals surface area (Å²) in [6.45, 7) is 1.96. The van der Waals surface area contributed by atoms with Gasteiger partial charge in [0.15, 0.2) is 0 Å². The Labute approximate surface area is 117 Å². The minimum Gasteiger partial charge on any atom is -0.313 e. The van der Waals surface area contributed by atoms with Gasteiger partial charge in [0.25, 0.3) is 0 Å². The molecule has 0 fully saturated rings. The molecular formula is C14H17ClFN3. The molecule has 0 aliphatic heterocycles. The minimum absolute atomic E-state index is 0.0292. The number of hydrogen-bond acceptors (Lipinski definition) is 2. The third-order valence-corrected chi connectivity index (χ3v) is 3.51. The summed E-state index contributed by atoms with van der Waals surface area (Å²) in [5.41, 5.74) is 2.96. The van der Waals surface area contributed by atoms with E-state index in [4.69, 9.17) is 11.6 Å². The summed E-state index contributed by atoms with van der Waals surface area (Å²) < 4.78 is 15.4. The molecule has 0 bridgehead atoms. The van der Waals surface area contributed by atoms with Crippen LogP contribution in [0.4, 0.5) is 4.39 Å². The van der Waals surface area contributed by atoms with Gasteiger partial charge in [0.05, 0.1) is 10.7 Å². The Morgan fingerprint density at radius 1 is 1.42 bits per heavy atom. The number of rotatable bonds is 4. The summed E-state index contributed by atoms with van der Waals surface area (Å²) in [5, 5.41) is 7.66. The number of likely N-dealkylation sites (N-methyl/N-ethyl adjacent to an activating group) is 1. The van der Waals surface area contributed by atoms with E-state index in [-0.39, 0.29) is 16.9 Å². The fraction of sp³-hybridized carbons (Fsp3) is 0.357. The molecule has 0 amide bonds. The Balaban J connectivity index is 2.24. The summed E-state index contributed by atoms with van der Waals surface area (Å²) >= 11 is 5.71. The molecule has 1 N–H and O–H groups in total. The van der Waals surface area contributed by atoms with E-state index >= 15 is 0 Å². The molecule has 1 aromatic carbocycles. The highest BCUT2D eigenvalue weighted by Gasteiger charge is 2.14. The van der Waals surface area contributed by atoms with Crippen molar-refractivity contribution in [2.75, 3.05) is 7.05 Å². The van der Waals surface area contributed by atoms with Crippen molar-refractivity contribution in [2.45, 2.75) is 19.4 Å². The van der Waals surface area contributed by atoms with Gasteiger partial charge in [-0.25, -0.2) is 4.39 Å². The molecule has 0 aliphatic carbocycles. The van der Waals surface area contributed by atoms with Gasteiger partial charge in [-0.1, -0.05) is 17.7 Å². The van der Waals surface area contributed by atoms with Crippen LogP contribution in [0, 0.1) is 12.7 Å². The highest BCUT2D eigenvalue weighted by atomic mass is 35.5. The molecule has 1 heterocycles. The monoisotopic (exact) mass is 281 g/mol. The molecule has 102 valence electrons. The van der Waals surface area contributed by atoms with E-state index in [0.29, 0.717) is 0 Å². The maximum atomic E-state index is 13.5. The lowest BCUT2D eigenvalue weighted by atomic mass is 10.0. The van der Waals surface area contributed by atoms with Gasteiger partial charge in [-0.3, -0.25) is 4.68 Å². The number of aryl methyl sites for hydroxylation is 2. The van der Waals surface area contributed by atoms with E-state index in [1.165, 1.54) is 6.07 Å². The Kier molecular flexibility index (Phi) is 4.22. The number of hydrogen-bond donors (Lipinski definition) is 1. The van der Waals surface area contributed by atoms with Gasteiger partial charge < -0.3 is 5.32 Å². The van der Waals surface area contributed by atoms with Gasteiger partial charge in [-0.05, 0) is 37.7 Å². The molecule has 3 nitrogen and oxygen atoms in total. The molecule has 1 atom stereocenters. The van der Waals surface area contributed by atoms with Gasteiger partial charge in [0, 0.05) is 25.2 Å². The average molecular weight is 282 g/mol. The quantitative estimate of drug-likeness (QED) is 0.934. The summed E-state index contributed by atoms with van der Waals surface area (Å²) in [4.78, 5) is 0. The topological polar surface area (TPSA) is 29.9 Å². The first kappa shape index (κ1) is 14.0. The lowest BCUT2D eigenvalue weighted by Gasteiger charge is -2.17. The molecule has 2 rings (SSSR count). The van der Waals surface area contributed by atoms with Crippen molar-refractivity contribution < 1.29 is 4.39 Å². The summed E-state index contributed by atoms with van der Waals surface area (Å²) in [6, 6.07) is 6.98. The number of aromatic nitrogens is 2. The van der Waals surface area contributed by atoms with E-state index in [1.54, 1.807) is 6.07 Å². The number of benzene rings is 1. The molecular weight excluding hydrogens is 265 g/mol. The van der Waals surface area contributed by atoms with Crippen molar-refractivity contribution in [3.63, 3.8) is 0 Å². The van der Waals surface area contributed by atoms with Crippen LogP contribution in [0.25, 0.3) is 0 Å². The summed E-state index contributed by atoms with van der Waals surface area (Å²) in [6.07, 6.45) is 0.745. The van der Waals surface area contributed by atoms with E-state index in [0.717, 1.165) is 23.4 Å². The third-order valence-electron chi connectivity index (χ3n) is 3.21. The Morgan fingerprint density at radius 2 is 2.16 bits per heavy atom. The van der Waals surface area contributed by atoms with E-state index in [2.05, 4.69) is 10.4 Å². The van der Waals surface area contributed by atoms with E-state index in [9.17, 15) is 4.39 Å². The van der Waals surface area contributed by atoms with Crippen LogP contribution < -0.4 is 5.32 Å². The largest absolute Gasteiger partial charge is 0.313 e. The second kappa shape index (κ2) is 5.72. The highest BCUT2D eigenvalue weighted by molar-refractivity contribution is 6.30. The van der Waals surface area contributed by atoms with Crippen LogP contribution in [-0.2, 0) is 13.5 Å². The molecule has 0 aliphatic rings. The standard InChI is InChI=1S/C14H17ClFN3/c1-9-6-11(19(3)18-9)8-14(17-2)10-4-5-12(15)13(16)7-10/h4-7,14,17H,8H2,1-3H3. The van der Waals surface area contributed by atoms with Crippen LogP contribution in [0.2, 0.25) is 5.02 Å². The molecule has 0 saturated carbocycles. The molecule has 1 aromatic heterocycles. The fourth-order valence-electron chi connectivity index (χ4n) is 2.18.